The van der Waals surface area contributed by atoms with Gasteiger partial charge < -0.3 is 4.74 Å². The molecule has 0 amide bonds. The lowest BCUT2D eigenvalue weighted by Gasteiger charge is -1.93. The molecule has 0 fully saturated rings. The van der Waals surface area contributed by atoms with Crippen LogP contribution < -0.4 is 0 Å². The van der Waals surface area contributed by atoms with Gasteiger partial charge in [-0.05, 0) is 0 Å². The lowest BCUT2D eigenvalue weighted by molar-refractivity contribution is -0.0806. The van der Waals surface area contributed by atoms with Gasteiger partial charge in [0.2, 0.25) is 0 Å². The predicted octanol–water partition coefficient (Wildman–Crippen LogP) is 3.47. The van der Waals surface area contributed by atoms with Crippen molar-refractivity contribution in [1.82, 2.24) is 0 Å². The summed E-state index contributed by atoms with van der Waals surface area (Å²) in [5, 5.41) is 0. The van der Waals surface area contributed by atoms with Crippen molar-refractivity contribution in [3.63, 3.8) is 0 Å². The minimum absolute atomic E-state index is 0.256. The molecule has 0 atom stereocenters. The summed E-state index contributed by atoms with van der Waals surface area (Å²) < 4.78 is 72.6. The fraction of sp³-hybridized carbons (Fsp3) is 0.250. The van der Waals surface area contributed by atoms with Crippen LogP contribution >= 0.6 is 0 Å². The normalized spacial score (nSPS) is 10.8. The Bertz CT molecular complexity index is 277. The van der Waals surface area contributed by atoms with Crippen molar-refractivity contribution in [1.29, 1.82) is 0 Å². The second-order valence-corrected chi connectivity index (χ2v) is 2.08. The van der Waals surface area contributed by atoms with Gasteiger partial charge in [-0.1, -0.05) is 11.5 Å². The van der Waals surface area contributed by atoms with Gasteiger partial charge in [0.05, 0.1) is 12.2 Å². The summed E-state index contributed by atoms with van der Waals surface area (Å²) in [6.45, 7) is 0. The van der Waals surface area contributed by atoms with Gasteiger partial charge in [0.1, 0.15) is 12.5 Å². The van der Waals surface area contributed by atoms with Crippen molar-refractivity contribution in [3.8, 4) is 0 Å². The summed E-state index contributed by atoms with van der Waals surface area (Å²) in [7, 11) is 0. The van der Waals surface area contributed by atoms with Crippen molar-refractivity contribution >= 4 is 0 Å². The molecule has 0 aromatic heterocycles. The third-order valence-electron chi connectivity index (χ3n) is 0.766. The summed E-state index contributed by atoms with van der Waals surface area (Å²) in [4.78, 5) is 0. The van der Waals surface area contributed by atoms with Crippen LogP contribution in [0.4, 0.5) is 26.3 Å². The van der Waals surface area contributed by atoms with E-state index < -0.39 is 12.4 Å². The Morgan fingerprint density at radius 3 is 1.33 bits per heavy atom. The van der Waals surface area contributed by atoms with Crippen LogP contribution in [0.5, 0.6) is 0 Å². The van der Waals surface area contributed by atoms with Crippen molar-refractivity contribution in [2.24, 2.45) is 0 Å². The van der Waals surface area contributed by atoms with E-state index in [4.69, 9.17) is 0 Å². The number of hydrogen-bond acceptors (Lipinski definition) is 1. The van der Waals surface area contributed by atoms with Crippen LogP contribution in [-0.2, 0) is 4.74 Å². The second kappa shape index (κ2) is 5.34. The molecule has 0 heterocycles. The van der Waals surface area contributed by atoms with E-state index in [0.717, 1.165) is 0 Å². The second-order valence-electron chi connectivity index (χ2n) is 2.08. The SMILES string of the molecule is FC(F)(F)C=C=COC=C=CC(F)(F)F. The van der Waals surface area contributed by atoms with Gasteiger partial charge in [-0.2, -0.15) is 26.3 Å². The molecule has 7 heteroatoms. The third kappa shape index (κ3) is 12.4. The molecular weight excluding hydrogens is 226 g/mol. The monoisotopic (exact) mass is 230 g/mol. The summed E-state index contributed by atoms with van der Waals surface area (Å²) in [6.07, 6.45) is -8.69. The zero-order chi connectivity index (χ0) is 11.9. The maximum atomic E-state index is 11.4. The van der Waals surface area contributed by atoms with E-state index in [1.807, 2.05) is 0 Å². The fourth-order valence-electron chi connectivity index (χ4n) is 0.370. The number of ether oxygens (including phenoxy) is 1. The van der Waals surface area contributed by atoms with Crippen LogP contribution in [0, 0.1) is 0 Å². The largest absolute Gasteiger partial charge is 0.456 e. The molecule has 0 bridgehead atoms. The molecule has 0 aromatic rings. The summed E-state index contributed by atoms with van der Waals surface area (Å²) in [6, 6.07) is 0. The topological polar surface area (TPSA) is 9.23 Å². The van der Waals surface area contributed by atoms with Crippen LogP contribution in [-0.4, -0.2) is 12.4 Å². The molecule has 0 radical (unpaired) electrons. The first kappa shape index (κ1) is 13.4. The van der Waals surface area contributed by atoms with E-state index in [1.165, 1.54) is 0 Å². The molecule has 0 saturated carbocycles. The molecule has 0 unspecified atom stereocenters. The van der Waals surface area contributed by atoms with Crippen LogP contribution in [0.1, 0.15) is 0 Å². The summed E-state index contributed by atoms with van der Waals surface area (Å²) >= 11 is 0. The van der Waals surface area contributed by atoms with E-state index in [-0.39, 0.29) is 12.2 Å². The predicted molar refractivity (Wildman–Crippen MR) is 38.5 cm³/mol. The summed E-state index contributed by atoms with van der Waals surface area (Å²) in [5.74, 6) is 0. The van der Waals surface area contributed by atoms with Gasteiger partial charge in [-0.15, -0.1) is 0 Å². The first-order valence-electron chi connectivity index (χ1n) is 3.34. The van der Waals surface area contributed by atoms with E-state index >= 15 is 0 Å². The highest BCUT2D eigenvalue weighted by Gasteiger charge is 2.22. The molecule has 0 aromatic carbocycles. The average molecular weight is 230 g/mol. The Morgan fingerprint density at radius 1 is 0.733 bits per heavy atom. The van der Waals surface area contributed by atoms with Gasteiger partial charge in [0.15, 0.2) is 0 Å². The van der Waals surface area contributed by atoms with Crippen molar-refractivity contribution in [3.05, 3.63) is 36.1 Å². The van der Waals surface area contributed by atoms with E-state index in [0.29, 0.717) is 12.5 Å². The molecule has 84 valence electrons. The lowest BCUT2D eigenvalue weighted by Crippen LogP contribution is -1.99. The maximum absolute atomic E-state index is 11.4. The molecular formula is C8H4F6O. The van der Waals surface area contributed by atoms with Crippen LogP contribution in [0.3, 0.4) is 0 Å². The first-order valence-corrected chi connectivity index (χ1v) is 3.34. The van der Waals surface area contributed by atoms with Gasteiger partial charge >= 0.3 is 12.4 Å². The number of rotatable bonds is 2. The zero-order valence-corrected chi connectivity index (χ0v) is 6.99. The minimum atomic E-state index is -4.54. The molecule has 0 rings (SSSR count). The standard InChI is InChI=1S/C8H4F6O/c9-7(10,11)3-1-5-15-6-2-4-8(12,13)14/h3-6H. The quantitative estimate of drug-likeness (QED) is 0.401. The Morgan fingerprint density at radius 2 is 1.07 bits per heavy atom. The first-order chi connectivity index (χ1) is 6.71. The molecule has 0 spiro atoms. The molecule has 0 N–H and O–H groups in total. The fourth-order valence-corrected chi connectivity index (χ4v) is 0.370. The van der Waals surface area contributed by atoms with Gasteiger partial charge in [0, 0.05) is 0 Å². The third-order valence-corrected chi connectivity index (χ3v) is 0.766. The molecule has 0 aliphatic carbocycles. The molecule has 0 aliphatic rings. The molecule has 1 nitrogen and oxygen atoms in total. The highest BCUT2D eigenvalue weighted by atomic mass is 19.4. The molecule has 0 saturated heterocycles. The Hall–Kier alpha value is -1.58. The Balaban J connectivity index is 4.11. The highest BCUT2D eigenvalue weighted by molar-refractivity contribution is 4.89. The number of hydrogen-bond donors (Lipinski definition) is 0. The van der Waals surface area contributed by atoms with Crippen molar-refractivity contribution in [2.75, 3.05) is 0 Å². The Labute approximate surface area is 80.6 Å². The van der Waals surface area contributed by atoms with Gasteiger partial charge in [-0.3, -0.25) is 0 Å². The van der Waals surface area contributed by atoms with E-state index in [2.05, 4.69) is 4.74 Å². The van der Waals surface area contributed by atoms with Crippen molar-refractivity contribution < 1.29 is 31.1 Å². The van der Waals surface area contributed by atoms with Crippen molar-refractivity contribution in [2.45, 2.75) is 12.4 Å². The smallest absolute Gasteiger partial charge is 0.416 e. The van der Waals surface area contributed by atoms with Crippen LogP contribution in [0.25, 0.3) is 0 Å². The van der Waals surface area contributed by atoms with Crippen LogP contribution in [0.15, 0.2) is 36.1 Å². The highest BCUT2D eigenvalue weighted by Crippen LogP contribution is 2.15. The minimum Gasteiger partial charge on any atom is -0.456 e. The van der Waals surface area contributed by atoms with Crippen LogP contribution in [0.2, 0.25) is 0 Å². The van der Waals surface area contributed by atoms with Gasteiger partial charge in [0.25, 0.3) is 0 Å². The number of allylic oxidation sites excluding steroid dienone is 2. The number of halogens is 6. The maximum Gasteiger partial charge on any atom is 0.416 e. The van der Waals surface area contributed by atoms with Gasteiger partial charge in [-0.25, -0.2) is 0 Å². The average Bonchev–Trinajstić information content (AvgIpc) is 1.98. The zero-order valence-electron chi connectivity index (χ0n) is 6.99. The molecule has 15 heavy (non-hydrogen) atoms. The van der Waals surface area contributed by atoms with E-state index in [9.17, 15) is 26.3 Å². The van der Waals surface area contributed by atoms with E-state index in [1.54, 1.807) is 11.5 Å². The lowest BCUT2D eigenvalue weighted by atomic mass is 10.6. The number of alkyl halides is 6. The Kier molecular flexibility index (Phi) is 4.78. The summed E-state index contributed by atoms with van der Waals surface area (Å²) in [5.41, 5.74) is 3.12. The molecule has 0 aliphatic heterocycles.